The summed E-state index contributed by atoms with van der Waals surface area (Å²) >= 11 is 5.03. The third kappa shape index (κ3) is 15.7. The van der Waals surface area contributed by atoms with Crippen molar-refractivity contribution in [3.05, 3.63) is 0 Å². The molecule has 0 heterocycles. The van der Waals surface area contributed by atoms with Crippen molar-refractivity contribution in [3.8, 4) is 0 Å². The fourth-order valence-electron chi connectivity index (χ4n) is 0.219. The van der Waals surface area contributed by atoms with Gasteiger partial charge in [-0.05, 0) is 0 Å². The molecular formula is C4H10Br3Sn. The second kappa shape index (κ2) is 16.1. The third-order valence-corrected chi connectivity index (χ3v) is 2.13. The van der Waals surface area contributed by atoms with E-state index in [-0.39, 0.29) is 34.0 Å². The van der Waals surface area contributed by atoms with Gasteiger partial charge >= 0.3 is 61.1 Å². The van der Waals surface area contributed by atoms with E-state index in [4.69, 9.17) is 0 Å². The van der Waals surface area contributed by atoms with Gasteiger partial charge in [0.05, 0.1) is 0 Å². The van der Waals surface area contributed by atoms with Crippen molar-refractivity contribution in [2.24, 2.45) is 0 Å². The fourth-order valence-corrected chi connectivity index (χ4v) is 1.33. The number of alkyl halides is 1. The first-order chi connectivity index (χ1) is 2.91. The molecule has 0 unspecified atom stereocenters. The van der Waals surface area contributed by atoms with Crippen molar-refractivity contribution in [1.29, 1.82) is 0 Å². The van der Waals surface area contributed by atoms with E-state index in [1.165, 1.54) is 22.6 Å². The number of unbranched alkanes of at least 4 members (excludes halogenated alkanes) is 1. The van der Waals surface area contributed by atoms with Crippen LogP contribution in [-0.4, -0.2) is 27.9 Å². The number of halogens is 3. The zero-order chi connectivity index (χ0) is 4.83. The van der Waals surface area contributed by atoms with Crippen LogP contribution in [0.5, 0.6) is 0 Å². The molecule has 3 radical (unpaired) electrons. The minimum absolute atomic E-state index is 0. The summed E-state index contributed by atoms with van der Waals surface area (Å²) in [6.45, 7) is 0. The topological polar surface area (TPSA) is 0 Å². The molecule has 0 rings (SSSR count). The summed E-state index contributed by atoms with van der Waals surface area (Å²) in [6.07, 6.45) is 2.76. The van der Waals surface area contributed by atoms with Crippen LogP contribution in [0.2, 0.25) is 4.44 Å². The van der Waals surface area contributed by atoms with Crippen LogP contribution in [-0.2, 0) is 0 Å². The summed E-state index contributed by atoms with van der Waals surface area (Å²) in [4.78, 5) is 0. The summed E-state index contributed by atoms with van der Waals surface area (Å²) in [7, 11) is 0. The van der Waals surface area contributed by atoms with E-state index in [0.29, 0.717) is 0 Å². The van der Waals surface area contributed by atoms with E-state index < -0.39 is 0 Å². The van der Waals surface area contributed by atoms with Gasteiger partial charge in [-0.25, -0.2) is 0 Å². The fraction of sp³-hybridized carbons (Fsp3) is 1.00. The number of rotatable bonds is 3. The molecule has 0 nitrogen and oxygen atoms in total. The van der Waals surface area contributed by atoms with Crippen LogP contribution in [0.15, 0.2) is 0 Å². The van der Waals surface area contributed by atoms with Crippen molar-refractivity contribution in [1.82, 2.24) is 0 Å². The standard InChI is InChI=1S/C4H8Br.2BrH.Sn/c1-2-3-4-5;;;/h1-4H2;2*1H;. The van der Waals surface area contributed by atoms with Crippen molar-refractivity contribution in [3.63, 3.8) is 0 Å². The van der Waals surface area contributed by atoms with Crippen LogP contribution in [0.4, 0.5) is 0 Å². The van der Waals surface area contributed by atoms with Crippen LogP contribution in [0.25, 0.3) is 0 Å². The minimum atomic E-state index is 0. The zero-order valence-corrected chi connectivity index (χ0v) is 12.4. The van der Waals surface area contributed by atoms with E-state index in [0.717, 1.165) is 0 Å². The van der Waals surface area contributed by atoms with Crippen LogP contribution in [0, 0.1) is 0 Å². The molecule has 0 aliphatic heterocycles. The average molecular weight is 417 g/mol. The van der Waals surface area contributed by atoms with Crippen LogP contribution in [0.1, 0.15) is 12.8 Å². The molecule has 0 aromatic rings. The average Bonchev–Trinajstić information content (AvgIpc) is 1.61. The number of hydrogen-bond acceptors (Lipinski definition) is 0. The molecule has 0 saturated carbocycles. The molecule has 0 N–H and O–H groups in total. The van der Waals surface area contributed by atoms with Gasteiger partial charge < -0.3 is 0 Å². The van der Waals surface area contributed by atoms with Crippen molar-refractivity contribution in [2.75, 3.05) is 5.33 Å². The molecule has 8 heavy (non-hydrogen) atoms. The summed E-state index contributed by atoms with van der Waals surface area (Å²) in [6, 6.07) is 0. The molecule has 0 aliphatic carbocycles. The van der Waals surface area contributed by atoms with E-state index in [9.17, 15) is 0 Å². The van der Waals surface area contributed by atoms with Crippen molar-refractivity contribution in [2.45, 2.75) is 17.3 Å². The van der Waals surface area contributed by atoms with Gasteiger partial charge in [0.2, 0.25) is 0 Å². The van der Waals surface area contributed by atoms with Crippen LogP contribution >= 0.6 is 49.9 Å². The molecule has 0 spiro atoms. The van der Waals surface area contributed by atoms with Crippen molar-refractivity contribution >= 4 is 72.4 Å². The predicted molar refractivity (Wildman–Crippen MR) is 54.2 cm³/mol. The van der Waals surface area contributed by atoms with Gasteiger partial charge in [-0.1, -0.05) is 0 Å². The monoisotopic (exact) mass is 415 g/mol. The Morgan fingerprint density at radius 2 is 1.62 bits per heavy atom. The van der Waals surface area contributed by atoms with E-state index in [1.807, 2.05) is 0 Å². The molecule has 51 valence electrons. The molecule has 0 bridgehead atoms. The molecule has 0 aromatic heterocycles. The first kappa shape index (κ1) is 16.7. The summed E-state index contributed by atoms with van der Waals surface area (Å²) in [5.74, 6) is 0. The quantitative estimate of drug-likeness (QED) is 0.377. The Kier molecular flexibility index (Phi) is 33.6. The molecule has 0 atom stereocenters. The Labute approximate surface area is 93.9 Å². The summed E-state index contributed by atoms with van der Waals surface area (Å²) in [5.41, 5.74) is 0. The van der Waals surface area contributed by atoms with Gasteiger partial charge in [0.1, 0.15) is 0 Å². The van der Waals surface area contributed by atoms with Gasteiger partial charge in [0, 0.05) is 0 Å². The summed E-state index contributed by atoms with van der Waals surface area (Å²) in [5, 5.41) is 1.18. The zero-order valence-electron chi connectivity index (χ0n) is 4.52. The second-order valence-electron chi connectivity index (χ2n) is 1.15. The molecular weight excluding hydrogens is 406 g/mol. The van der Waals surface area contributed by atoms with Gasteiger partial charge in [-0.2, -0.15) is 0 Å². The Morgan fingerprint density at radius 1 is 1.12 bits per heavy atom. The maximum absolute atomic E-state index is 3.36. The Bertz CT molecular complexity index is 23.2. The Hall–Kier alpha value is 2.24. The van der Waals surface area contributed by atoms with Gasteiger partial charge in [-0.15, -0.1) is 34.0 Å². The van der Waals surface area contributed by atoms with Gasteiger partial charge in [0.15, 0.2) is 0 Å². The molecule has 0 aromatic carbocycles. The van der Waals surface area contributed by atoms with Gasteiger partial charge in [0.25, 0.3) is 0 Å². The SMILES string of the molecule is Br.Br.BrCCC[CH2][Sn]. The molecule has 0 amide bonds. The Morgan fingerprint density at radius 3 is 1.75 bits per heavy atom. The van der Waals surface area contributed by atoms with Crippen LogP contribution in [0.3, 0.4) is 0 Å². The maximum atomic E-state index is 3.36. The molecule has 0 aliphatic rings. The third-order valence-electron chi connectivity index (χ3n) is 0.560. The molecule has 4 heteroatoms. The first-order valence-corrected chi connectivity index (χ1v) is 5.26. The second-order valence-corrected chi connectivity index (χ2v) is 3.37. The molecule has 0 saturated heterocycles. The first-order valence-electron chi connectivity index (χ1n) is 2.12. The Balaban J connectivity index is -0.000000125. The van der Waals surface area contributed by atoms with Crippen LogP contribution < -0.4 is 0 Å². The van der Waals surface area contributed by atoms with E-state index >= 15 is 0 Å². The summed E-state index contributed by atoms with van der Waals surface area (Å²) < 4.78 is 1.42. The normalized spacial score (nSPS) is 6.75. The number of hydrogen-bond donors (Lipinski definition) is 0. The van der Waals surface area contributed by atoms with Crippen molar-refractivity contribution < 1.29 is 0 Å². The van der Waals surface area contributed by atoms with E-state index in [2.05, 4.69) is 15.9 Å². The van der Waals surface area contributed by atoms with E-state index in [1.54, 1.807) is 22.5 Å². The van der Waals surface area contributed by atoms with Gasteiger partial charge in [-0.3, -0.25) is 0 Å². The predicted octanol–water partition coefficient (Wildman–Crippen LogP) is 2.90. The molecule has 0 fully saturated rings.